The third kappa shape index (κ3) is 12.1. The highest BCUT2D eigenvalue weighted by atomic mass is 16.5. The predicted molar refractivity (Wildman–Crippen MR) is 125 cm³/mol. The highest BCUT2D eigenvalue weighted by molar-refractivity contribution is 5.07. The van der Waals surface area contributed by atoms with Crippen LogP contribution >= 0.6 is 0 Å². The van der Waals surface area contributed by atoms with Crippen LogP contribution in [0.5, 0.6) is 0 Å². The van der Waals surface area contributed by atoms with Crippen molar-refractivity contribution in [1.82, 2.24) is 10.2 Å². The van der Waals surface area contributed by atoms with Gasteiger partial charge in [-0.1, -0.05) is 46.3 Å². The van der Waals surface area contributed by atoms with Crippen molar-refractivity contribution >= 4 is 0 Å². The van der Waals surface area contributed by atoms with Gasteiger partial charge < -0.3 is 19.9 Å². The fourth-order valence-electron chi connectivity index (χ4n) is 3.61. The third-order valence-corrected chi connectivity index (χ3v) is 5.34. The van der Waals surface area contributed by atoms with E-state index in [-0.39, 0.29) is 12.6 Å². The summed E-state index contributed by atoms with van der Waals surface area (Å²) >= 11 is 0. The molecule has 1 saturated heterocycles. The van der Waals surface area contributed by atoms with Crippen molar-refractivity contribution in [3.8, 4) is 0 Å². The Kier molecular flexibility index (Phi) is 17.0. The van der Waals surface area contributed by atoms with Gasteiger partial charge >= 0.3 is 0 Å². The minimum atomic E-state index is 0.236. The summed E-state index contributed by atoms with van der Waals surface area (Å²) in [5.74, 6) is 0. The summed E-state index contributed by atoms with van der Waals surface area (Å²) in [5, 5.41) is 12.6. The van der Waals surface area contributed by atoms with Crippen LogP contribution in [0.15, 0.2) is 12.2 Å². The van der Waals surface area contributed by atoms with Crippen LogP contribution in [0.3, 0.4) is 0 Å². The van der Waals surface area contributed by atoms with Gasteiger partial charge in [0.05, 0.1) is 32.0 Å². The lowest BCUT2D eigenvalue weighted by Crippen LogP contribution is -2.38. The molecule has 1 aliphatic carbocycles. The Morgan fingerprint density at radius 2 is 1.86 bits per heavy atom. The van der Waals surface area contributed by atoms with Crippen molar-refractivity contribution < 1.29 is 14.6 Å². The number of nitrogens with one attached hydrogen (secondary N) is 1. The van der Waals surface area contributed by atoms with Crippen LogP contribution in [-0.2, 0) is 9.47 Å². The molecule has 0 spiro atoms. The molecule has 2 fully saturated rings. The molecule has 29 heavy (non-hydrogen) atoms. The first-order valence-corrected chi connectivity index (χ1v) is 11.9. The van der Waals surface area contributed by atoms with Crippen LogP contribution in [0.2, 0.25) is 0 Å². The molecule has 0 aromatic carbocycles. The lowest BCUT2D eigenvalue weighted by atomic mass is 10.1. The molecule has 0 bridgehead atoms. The molecular formula is C24H50N2O3. The smallest absolute Gasteiger partial charge is 0.0623 e. The van der Waals surface area contributed by atoms with Gasteiger partial charge in [-0.25, -0.2) is 0 Å². The molecule has 0 radical (unpaired) electrons. The van der Waals surface area contributed by atoms with Crippen molar-refractivity contribution in [2.75, 3.05) is 46.6 Å². The zero-order valence-electron chi connectivity index (χ0n) is 20.4. The van der Waals surface area contributed by atoms with Gasteiger partial charge in [-0.3, -0.25) is 4.90 Å². The SMILES string of the molecule is CC.CC.CC(C)OCC1CCCCN1.COCC1(CN2CC=CC2CO)CC1. The summed E-state index contributed by atoms with van der Waals surface area (Å²) in [5.41, 5.74) is 0.397. The first-order valence-electron chi connectivity index (χ1n) is 11.9. The minimum Gasteiger partial charge on any atom is -0.394 e. The largest absolute Gasteiger partial charge is 0.394 e. The fourth-order valence-corrected chi connectivity index (χ4v) is 3.61. The molecule has 2 heterocycles. The maximum absolute atomic E-state index is 9.16. The van der Waals surface area contributed by atoms with Crippen LogP contribution in [0.25, 0.3) is 0 Å². The highest BCUT2D eigenvalue weighted by Crippen LogP contribution is 2.46. The van der Waals surface area contributed by atoms with Crippen molar-refractivity contribution in [3.63, 3.8) is 0 Å². The maximum atomic E-state index is 9.16. The van der Waals surface area contributed by atoms with Crippen LogP contribution in [0, 0.1) is 5.41 Å². The summed E-state index contributed by atoms with van der Waals surface area (Å²) in [6.07, 6.45) is 11.1. The van der Waals surface area contributed by atoms with Gasteiger partial charge in [0.1, 0.15) is 0 Å². The molecule has 1 saturated carbocycles. The second-order valence-electron chi connectivity index (χ2n) is 8.07. The third-order valence-electron chi connectivity index (χ3n) is 5.34. The van der Waals surface area contributed by atoms with Gasteiger partial charge in [-0.05, 0) is 46.1 Å². The van der Waals surface area contributed by atoms with Crippen LogP contribution in [-0.4, -0.2) is 74.8 Å². The van der Waals surface area contributed by atoms with Gasteiger partial charge in [-0.2, -0.15) is 0 Å². The summed E-state index contributed by atoms with van der Waals surface area (Å²) in [4.78, 5) is 2.34. The van der Waals surface area contributed by atoms with Crippen molar-refractivity contribution in [1.29, 1.82) is 0 Å². The van der Waals surface area contributed by atoms with Gasteiger partial charge in [0.15, 0.2) is 0 Å². The molecule has 0 aromatic heterocycles. The van der Waals surface area contributed by atoms with E-state index in [1.807, 2.05) is 27.7 Å². The molecular weight excluding hydrogens is 364 g/mol. The fraction of sp³-hybridized carbons (Fsp3) is 0.917. The topological polar surface area (TPSA) is 54.0 Å². The van der Waals surface area contributed by atoms with E-state index in [4.69, 9.17) is 14.6 Å². The highest BCUT2D eigenvalue weighted by Gasteiger charge is 2.44. The Morgan fingerprint density at radius 1 is 1.17 bits per heavy atom. The number of aliphatic hydroxyl groups excluding tert-OH is 1. The van der Waals surface area contributed by atoms with E-state index in [1.165, 1.54) is 38.6 Å². The number of methoxy groups -OCH3 is 1. The van der Waals surface area contributed by atoms with Gasteiger partial charge in [0.2, 0.25) is 0 Å². The number of ether oxygens (including phenoxy) is 2. The average Bonchev–Trinajstić information content (AvgIpc) is 3.37. The zero-order chi connectivity index (χ0) is 22.1. The van der Waals surface area contributed by atoms with E-state index in [2.05, 4.69) is 36.2 Å². The molecule has 5 nitrogen and oxygen atoms in total. The first-order chi connectivity index (χ1) is 14.1. The quantitative estimate of drug-likeness (QED) is 0.582. The Morgan fingerprint density at radius 3 is 2.34 bits per heavy atom. The number of hydrogen-bond acceptors (Lipinski definition) is 5. The van der Waals surface area contributed by atoms with Crippen LogP contribution < -0.4 is 5.32 Å². The molecule has 5 heteroatoms. The second kappa shape index (κ2) is 17.2. The van der Waals surface area contributed by atoms with Crippen molar-refractivity contribution in [2.24, 2.45) is 5.41 Å². The number of hydrogen-bond donors (Lipinski definition) is 2. The van der Waals surface area contributed by atoms with Crippen LogP contribution in [0.1, 0.15) is 73.6 Å². The van der Waals surface area contributed by atoms with E-state index < -0.39 is 0 Å². The van der Waals surface area contributed by atoms with E-state index in [0.29, 0.717) is 17.6 Å². The molecule has 3 rings (SSSR count). The van der Waals surface area contributed by atoms with Gasteiger partial charge in [-0.15, -0.1) is 0 Å². The minimum absolute atomic E-state index is 0.236. The Labute approximate surface area is 181 Å². The average molecular weight is 415 g/mol. The van der Waals surface area contributed by atoms with Gasteiger partial charge in [0.25, 0.3) is 0 Å². The number of aliphatic hydroxyl groups is 1. The van der Waals surface area contributed by atoms with Crippen molar-refractivity contribution in [2.45, 2.75) is 91.8 Å². The summed E-state index contributed by atoms with van der Waals surface area (Å²) in [7, 11) is 1.77. The summed E-state index contributed by atoms with van der Waals surface area (Å²) in [6.45, 7) is 17.4. The van der Waals surface area contributed by atoms with Crippen LogP contribution in [0.4, 0.5) is 0 Å². The standard InChI is InChI=1S/C11H19NO2.C9H19NO.2C2H6/c1-14-9-11(4-5-11)8-12-6-2-3-10(12)7-13;1-8(2)11-7-9-5-3-4-6-10-9;2*1-2/h2-3,10,13H,4-9H2,1H3;8-10H,3-7H2,1-2H3;2*1-2H3. The Hall–Kier alpha value is -0.460. The lowest BCUT2D eigenvalue weighted by Gasteiger charge is -2.27. The normalized spacial score (nSPS) is 24.6. The maximum Gasteiger partial charge on any atom is 0.0623 e. The first kappa shape index (κ1) is 28.5. The Balaban J connectivity index is 0.000000472. The molecule has 3 aliphatic rings. The second-order valence-corrected chi connectivity index (χ2v) is 8.07. The predicted octanol–water partition coefficient (Wildman–Crippen LogP) is 4.25. The molecule has 0 amide bonds. The summed E-state index contributed by atoms with van der Waals surface area (Å²) < 4.78 is 10.8. The number of nitrogens with zero attached hydrogens (tertiary/aromatic N) is 1. The van der Waals surface area contributed by atoms with E-state index in [9.17, 15) is 0 Å². The molecule has 2 N–H and O–H groups in total. The lowest BCUT2D eigenvalue weighted by molar-refractivity contribution is 0.0558. The monoisotopic (exact) mass is 414 g/mol. The molecule has 2 aliphatic heterocycles. The Bertz CT molecular complexity index is 392. The van der Waals surface area contributed by atoms with Crippen molar-refractivity contribution in [3.05, 3.63) is 12.2 Å². The molecule has 174 valence electrons. The zero-order valence-corrected chi connectivity index (χ0v) is 20.4. The molecule has 0 aromatic rings. The molecule has 2 unspecified atom stereocenters. The number of piperidine rings is 1. The number of rotatable bonds is 8. The van der Waals surface area contributed by atoms with E-state index in [0.717, 1.165) is 26.3 Å². The van der Waals surface area contributed by atoms with E-state index >= 15 is 0 Å². The summed E-state index contributed by atoms with van der Waals surface area (Å²) in [6, 6.07) is 0.857. The molecule has 2 atom stereocenters. The van der Waals surface area contributed by atoms with E-state index in [1.54, 1.807) is 7.11 Å². The van der Waals surface area contributed by atoms with Gasteiger partial charge in [0, 0.05) is 31.7 Å².